The van der Waals surface area contributed by atoms with Gasteiger partial charge in [-0.2, -0.15) is 0 Å². The smallest absolute Gasteiger partial charge is 0.341 e. The third-order valence-corrected chi connectivity index (χ3v) is 5.81. The molecule has 2 aliphatic heterocycles. The molecule has 4 N–H and O–H groups in total. The van der Waals surface area contributed by atoms with E-state index in [9.17, 15) is 19.2 Å². The fraction of sp³-hybridized carbons (Fsp3) is 0.333. The van der Waals surface area contributed by atoms with Crippen LogP contribution in [0.1, 0.15) is 5.69 Å². The Morgan fingerprint density at radius 3 is 2.86 bits per heavy atom. The molecular formula is C15H15N5O7S2. The standard InChI is InChI=1S/C15H15N5O7S2/c1-26-19-9(7-5-29-15(16)17-7)11(23)18-10-12(24)20-2-6(4-28-13(10)20)14(25)27-3-8(21)22/h2,5,10,13H,3-4H2,1H3,(H2,16,17)(H,18,23)(H,21,22)/t10?,13-/m1/s1. The Kier molecular flexibility index (Phi) is 6.03. The van der Waals surface area contributed by atoms with Gasteiger partial charge in [0.2, 0.25) is 0 Å². The van der Waals surface area contributed by atoms with Crippen LogP contribution in [0.2, 0.25) is 0 Å². The Morgan fingerprint density at radius 1 is 1.48 bits per heavy atom. The van der Waals surface area contributed by atoms with E-state index >= 15 is 0 Å². The number of hydrogen-bond acceptors (Lipinski definition) is 11. The summed E-state index contributed by atoms with van der Waals surface area (Å²) in [7, 11) is 1.27. The highest BCUT2D eigenvalue weighted by Gasteiger charge is 2.50. The van der Waals surface area contributed by atoms with Crippen molar-refractivity contribution >= 4 is 57.7 Å². The zero-order chi connectivity index (χ0) is 21.1. The minimum atomic E-state index is -1.28. The number of amides is 2. The van der Waals surface area contributed by atoms with Gasteiger partial charge in [0, 0.05) is 17.3 Å². The van der Waals surface area contributed by atoms with E-state index in [2.05, 4.69) is 25.0 Å². The predicted molar refractivity (Wildman–Crippen MR) is 102 cm³/mol. The van der Waals surface area contributed by atoms with Crippen LogP contribution in [0.4, 0.5) is 5.13 Å². The average molecular weight is 441 g/mol. The molecule has 0 aliphatic carbocycles. The number of oxime groups is 1. The third-order valence-electron chi connectivity index (χ3n) is 3.82. The first kappa shape index (κ1) is 20.6. The Bertz CT molecular complexity index is 928. The number of nitrogens with zero attached hydrogens (tertiary/aromatic N) is 3. The number of carboxylic acids is 1. The molecule has 29 heavy (non-hydrogen) atoms. The van der Waals surface area contributed by atoms with Crippen LogP contribution < -0.4 is 11.1 Å². The van der Waals surface area contributed by atoms with E-state index in [0.717, 1.165) is 11.3 Å². The highest BCUT2D eigenvalue weighted by molar-refractivity contribution is 8.00. The van der Waals surface area contributed by atoms with Gasteiger partial charge in [0.15, 0.2) is 17.5 Å². The zero-order valence-corrected chi connectivity index (χ0v) is 16.5. The van der Waals surface area contributed by atoms with Gasteiger partial charge in [-0.05, 0) is 0 Å². The Balaban J connectivity index is 1.65. The zero-order valence-electron chi connectivity index (χ0n) is 14.9. The maximum Gasteiger partial charge on any atom is 0.341 e. The van der Waals surface area contributed by atoms with Gasteiger partial charge >= 0.3 is 11.9 Å². The molecule has 3 heterocycles. The van der Waals surface area contributed by atoms with E-state index in [4.69, 9.17) is 10.8 Å². The summed E-state index contributed by atoms with van der Waals surface area (Å²) in [6, 6.07) is -0.835. The summed E-state index contributed by atoms with van der Waals surface area (Å²) in [5.41, 5.74) is 5.83. The lowest BCUT2D eigenvalue weighted by Gasteiger charge is -2.47. The first-order chi connectivity index (χ1) is 13.8. The van der Waals surface area contributed by atoms with Gasteiger partial charge in [-0.25, -0.2) is 14.6 Å². The number of thiazole rings is 1. The number of β-lactam (4-membered cyclic amide) rings is 1. The molecule has 2 aliphatic rings. The summed E-state index contributed by atoms with van der Waals surface area (Å²) in [5, 5.41) is 16.2. The van der Waals surface area contributed by atoms with Crippen molar-refractivity contribution in [2.24, 2.45) is 5.16 Å². The van der Waals surface area contributed by atoms with Crippen molar-refractivity contribution in [3.8, 4) is 0 Å². The molecule has 1 aromatic rings. The molecule has 1 aromatic heterocycles. The molecule has 3 rings (SSSR count). The van der Waals surface area contributed by atoms with E-state index in [1.54, 1.807) is 0 Å². The second kappa shape index (κ2) is 8.48. The third kappa shape index (κ3) is 4.32. The number of hydrogen-bond donors (Lipinski definition) is 3. The van der Waals surface area contributed by atoms with Crippen molar-refractivity contribution < 1.29 is 33.9 Å². The summed E-state index contributed by atoms with van der Waals surface area (Å²) < 4.78 is 4.61. The summed E-state index contributed by atoms with van der Waals surface area (Å²) in [4.78, 5) is 57.2. The quantitative estimate of drug-likeness (QED) is 0.206. The van der Waals surface area contributed by atoms with Crippen LogP contribution >= 0.6 is 23.1 Å². The van der Waals surface area contributed by atoms with Gasteiger partial charge in [0.05, 0.1) is 5.57 Å². The number of nitrogen functional groups attached to an aromatic ring is 1. The maximum atomic E-state index is 12.6. The van der Waals surface area contributed by atoms with E-state index < -0.39 is 41.8 Å². The van der Waals surface area contributed by atoms with Crippen LogP contribution in [0.15, 0.2) is 22.3 Å². The lowest BCUT2D eigenvalue weighted by molar-refractivity contribution is -0.152. The second-order valence-corrected chi connectivity index (χ2v) is 7.71. The second-order valence-electron chi connectivity index (χ2n) is 5.72. The SMILES string of the molecule is CON=C(C(=O)NC1C(=O)N2C=C(C(=O)OCC(=O)O)CS[C@H]12)c1csc(N)n1. The monoisotopic (exact) mass is 441 g/mol. The van der Waals surface area contributed by atoms with Crippen LogP contribution in [0.25, 0.3) is 0 Å². The number of carboxylic acid groups (broad SMARTS) is 1. The molecule has 154 valence electrons. The topological polar surface area (TPSA) is 174 Å². The van der Waals surface area contributed by atoms with E-state index in [0.29, 0.717) is 0 Å². The number of carbonyl (C=O) groups excluding carboxylic acids is 3. The molecule has 1 fully saturated rings. The number of nitrogens with two attached hydrogens (primary N) is 1. The molecule has 0 saturated carbocycles. The molecule has 0 aromatic carbocycles. The van der Waals surface area contributed by atoms with E-state index in [1.807, 2.05) is 0 Å². The number of esters is 1. The Morgan fingerprint density at radius 2 is 2.24 bits per heavy atom. The number of fused-ring (bicyclic) bond motifs is 1. The first-order valence-electron chi connectivity index (χ1n) is 7.98. The normalized spacial score (nSPS) is 20.9. The highest BCUT2D eigenvalue weighted by atomic mass is 32.2. The predicted octanol–water partition coefficient (Wildman–Crippen LogP) is -1.01. The number of aliphatic carboxylic acids is 1. The molecule has 2 amide bonds. The number of thioether (sulfide) groups is 1. The van der Waals surface area contributed by atoms with Crippen LogP contribution in [0.5, 0.6) is 0 Å². The van der Waals surface area contributed by atoms with Gasteiger partial charge in [0.25, 0.3) is 11.8 Å². The highest BCUT2D eigenvalue weighted by Crippen LogP contribution is 2.36. The molecule has 1 saturated heterocycles. The van der Waals surface area contributed by atoms with Crippen molar-refractivity contribution in [3.05, 3.63) is 22.8 Å². The number of anilines is 1. The van der Waals surface area contributed by atoms with Crippen molar-refractivity contribution in [1.29, 1.82) is 0 Å². The van der Waals surface area contributed by atoms with Crippen LogP contribution in [-0.4, -0.2) is 75.3 Å². The van der Waals surface area contributed by atoms with Crippen molar-refractivity contribution in [1.82, 2.24) is 15.2 Å². The lowest BCUT2D eigenvalue weighted by Crippen LogP contribution is -2.69. The number of carbonyl (C=O) groups is 4. The van der Waals surface area contributed by atoms with Gasteiger partial charge < -0.3 is 30.6 Å². The molecule has 0 bridgehead atoms. The molecule has 2 atom stereocenters. The molecule has 0 spiro atoms. The minimum Gasteiger partial charge on any atom is -0.479 e. The van der Waals surface area contributed by atoms with Gasteiger partial charge in [-0.15, -0.1) is 23.1 Å². The fourth-order valence-electron chi connectivity index (χ4n) is 2.55. The molecule has 14 heteroatoms. The van der Waals surface area contributed by atoms with Crippen LogP contribution in [0.3, 0.4) is 0 Å². The maximum absolute atomic E-state index is 12.6. The molecular weight excluding hydrogens is 426 g/mol. The molecule has 1 unspecified atom stereocenters. The summed E-state index contributed by atoms with van der Waals surface area (Å²) >= 11 is 2.36. The summed E-state index contributed by atoms with van der Waals surface area (Å²) in [6.07, 6.45) is 1.31. The fourth-order valence-corrected chi connectivity index (χ4v) is 4.34. The Hall–Kier alpha value is -3.13. The van der Waals surface area contributed by atoms with E-state index in [-0.39, 0.29) is 27.9 Å². The first-order valence-corrected chi connectivity index (χ1v) is 9.91. The van der Waals surface area contributed by atoms with Gasteiger partial charge in [-0.1, -0.05) is 5.16 Å². The lowest BCUT2D eigenvalue weighted by atomic mass is 10.1. The molecule has 0 radical (unpaired) electrons. The van der Waals surface area contributed by atoms with Gasteiger partial charge in [0.1, 0.15) is 24.2 Å². The van der Waals surface area contributed by atoms with Crippen LogP contribution in [0, 0.1) is 0 Å². The Labute approximate surface area is 171 Å². The number of rotatable bonds is 7. The number of nitrogens with one attached hydrogen (secondary N) is 1. The van der Waals surface area contributed by atoms with Crippen molar-refractivity contribution in [2.75, 3.05) is 25.2 Å². The van der Waals surface area contributed by atoms with Crippen molar-refractivity contribution in [3.63, 3.8) is 0 Å². The van der Waals surface area contributed by atoms with Gasteiger partial charge in [-0.3, -0.25) is 9.59 Å². The summed E-state index contributed by atoms with van der Waals surface area (Å²) in [6.45, 7) is -0.764. The van der Waals surface area contributed by atoms with Crippen molar-refractivity contribution in [2.45, 2.75) is 11.4 Å². The number of aromatic nitrogens is 1. The number of ether oxygens (including phenoxy) is 1. The van der Waals surface area contributed by atoms with Crippen LogP contribution in [-0.2, 0) is 28.8 Å². The minimum absolute atomic E-state index is 0.124. The largest absolute Gasteiger partial charge is 0.479 e. The average Bonchev–Trinajstić information content (AvgIpc) is 3.13. The summed E-state index contributed by atoms with van der Waals surface area (Å²) in [5.74, 6) is -2.99. The molecule has 12 nitrogen and oxygen atoms in total. The van der Waals surface area contributed by atoms with E-state index in [1.165, 1.54) is 35.4 Å².